The molecule has 20 heavy (non-hydrogen) atoms. The number of anilines is 1. The molecule has 0 aliphatic heterocycles. The number of nitrogen functional groups attached to an aromatic ring is 1. The molecule has 0 saturated heterocycles. The van der Waals surface area contributed by atoms with E-state index in [1.54, 1.807) is 11.6 Å². The summed E-state index contributed by atoms with van der Waals surface area (Å²) in [5.41, 5.74) is 7.85. The predicted octanol–water partition coefficient (Wildman–Crippen LogP) is 1.11. The lowest BCUT2D eigenvalue weighted by atomic mass is 10.1. The number of nitrogens with zero attached hydrogens (tertiary/aromatic N) is 3. The van der Waals surface area contributed by atoms with Gasteiger partial charge in [-0.1, -0.05) is 41.6 Å². The molecule has 6 nitrogen and oxygen atoms in total. The average Bonchev–Trinajstić information content (AvgIpc) is 2.76. The minimum absolute atomic E-state index is 0.0443. The molecule has 7 heteroatoms. The van der Waals surface area contributed by atoms with Gasteiger partial charge >= 0.3 is 0 Å². The summed E-state index contributed by atoms with van der Waals surface area (Å²) in [6.07, 6.45) is 0. The van der Waals surface area contributed by atoms with Crippen molar-refractivity contribution in [1.29, 1.82) is 0 Å². The molecule has 0 atom stereocenters. The number of aryl methyl sites for hydroxylation is 1. The van der Waals surface area contributed by atoms with Gasteiger partial charge in [-0.2, -0.15) is 0 Å². The number of rotatable bonds is 5. The van der Waals surface area contributed by atoms with Gasteiger partial charge in [0, 0.05) is 13.6 Å². The number of aromatic nitrogens is 3. The van der Waals surface area contributed by atoms with Crippen molar-refractivity contribution in [2.75, 3.05) is 11.5 Å². The summed E-state index contributed by atoms with van der Waals surface area (Å²) in [6.45, 7) is 2.56. The highest BCUT2D eigenvalue weighted by Crippen LogP contribution is 2.15. The quantitative estimate of drug-likeness (QED) is 0.806. The number of nitrogens with one attached hydrogen (secondary N) is 1. The number of carbonyl (C=O) groups excluding carboxylic acids is 1. The fraction of sp³-hybridized carbons (Fsp3) is 0.308. The molecule has 1 heterocycles. The van der Waals surface area contributed by atoms with Crippen LogP contribution < -0.4 is 11.1 Å². The molecule has 0 bridgehead atoms. The van der Waals surface area contributed by atoms with Crippen LogP contribution in [0.25, 0.3) is 0 Å². The Bertz CT molecular complexity index is 593. The van der Waals surface area contributed by atoms with Crippen molar-refractivity contribution >= 4 is 23.6 Å². The predicted molar refractivity (Wildman–Crippen MR) is 79.2 cm³/mol. The van der Waals surface area contributed by atoms with Gasteiger partial charge in [-0.15, -0.1) is 10.2 Å². The number of amides is 1. The van der Waals surface area contributed by atoms with E-state index >= 15 is 0 Å². The van der Waals surface area contributed by atoms with Crippen molar-refractivity contribution in [1.82, 2.24) is 20.1 Å². The standard InChI is InChI=1S/C13H17N5OS/c1-9-3-5-10(6-4-9)7-15-11(19)8-20-13-17-16-12(14)18(13)2/h3-6H,7-8H2,1-2H3,(H2,14,16)(H,15,19). The van der Waals surface area contributed by atoms with Gasteiger partial charge in [0.05, 0.1) is 5.75 Å². The summed E-state index contributed by atoms with van der Waals surface area (Å²) in [5.74, 6) is 0.586. The van der Waals surface area contributed by atoms with Crippen LogP contribution in [0.1, 0.15) is 11.1 Å². The van der Waals surface area contributed by atoms with Crippen molar-refractivity contribution in [2.24, 2.45) is 7.05 Å². The van der Waals surface area contributed by atoms with Gasteiger partial charge < -0.3 is 11.1 Å². The molecule has 2 rings (SSSR count). The van der Waals surface area contributed by atoms with E-state index in [9.17, 15) is 4.79 Å². The average molecular weight is 291 g/mol. The number of hydrogen-bond donors (Lipinski definition) is 2. The first kappa shape index (κ1) is 14.4. The zero-order valence-electron chi connectivity index (χ0n) is 11.5. The van der Waals surface area contributed by atoms with Crippen LogP contribution in [-0.2, 0) is 18.4 Å². The van der Waals surface area contributed by atoms with Crippen LogP contribution in [0.15, 0.2) is 29.4 Å². The topological polar surface area (TPSA) is 85.8 Å². The van der Waals surface area contributed by atoms with Gasteiger partial charge in [-0.25, -0.2) is 0 Å². The minimum atomic E-state index is -0.0443. The summed E-state index contributed by atoms with van der Waals surface area (Å²) < 4.78 is 1.65. The second-order valence-electron chi connectivity index (χ2n) is 4.45. The number of thioether (sulfide) groups is 1. The Balaban J connectivity index is 1.78. The first-order valence-corrected chi connectivity index (χ1v) is 7.14. The summed E-state index contributed by atoms with van der Waals surface area (Å²) in [4.78, 5) is 11.8. The summed E-state index contributed by atoms with van der Waals surface area (Å²) in [5, 5.41) is 11.1. The zero-order chi connectivity index (χ0) is 14.5. The highest BCUT2D eigenvalue weighted by Gasteiger charge is 2.09. The van der Waals surface area contributed by atoms with E-state index in [0.717, 1.165) is 5.56 Å². The van der Waals surface area contributed by atoms with E-state index < -0.39 is 0 Å². The molecule has 0 aliphatic carbocycles. The monoisotopic (exact) mass is 291 g/mol. The van der Waals surface area contributed by atoms with Crippen LogP contribution in [0.2, 0.25) is 0 Å². The van der Waals surface area contributed by atoms with Crippen molar-refractivity contribution < 1.29 is 4.79 Å². The van der Waals surface area contributed by atoms with Gasteiger partial charge in [0.2, 0.25) is 11.9 Å². The van der Waals surface area contributed by atoms with Crippen LogP contribution >= 0.6 is 11.8 Å². The van der Waals surface area contributed by atoms with Gasteiger partial charge in [0.1, 0.15) is 0 Å². The van der Waals surface area contributed by atoms with Crippen molar-refractivity contribution in [3.63, 3.8) is 0 Å². The Morgan fingerprint density at radius 1 is 1.35 bits per heavy atom. The number of carbonyl (C=O) groups is 1. The number of nitrogens with two attached hydrogens (primary N) is 1. The van der Waals surface area contributed by atoms with Gasteiger partial charge in [0.15, 0.2) is 5.16 Å². The molecule has 1 amide bonds. The van der Waals surface area contributed by atoms with E-state index in [4.69, 9.17) is 5.73 Å². The maximum absolute atomic E-state index is 11.8. The Hall–Kier alpha value is -2.02. The molecule has 0 spiro atoms. The summed E-state index contributed by atoms with van der Waals surface area (Å²) in [7, 11) is 1.77. The SMILES string of the molecule is Cc1ccc(CNC(=O)CSc2nnc(N)n2C)cc1. The lowest BCUT2D eigenvalue weighted by Gasteiger charge is -2.05. The normalized spacial score (nSPS) is 10.5. The Morgan fingerprint density at radius 2 is 2.05 bits per heavy atom. The minimum Gasteiger partial charge on any atom is -0.368 e. The van der Waals surface area contributed by atoms with Crippen LogP contribution in [-0.4, -0.2) is 26.4 Å². The largest absolute Gasteiger partial charge is 0.368 e. The van der Waals surface area contributed by atoms with E-state index in [-0.39, 0.29) is 11.7 Å². The Kier molecular flexibility index (Phi) is 4.62. The van der Waals surface area contributed by atoms with Crippen molar-refractivity contribution in [2.45, 2.75) is 18.6 Å². The maximum Gasteiger partial charge on any atom is 0.230 e. The van der Waals surface area contributed by atoms with Crippen molar-refractivity contribution in [3.05, 3.63) is 35.4 Å². The van der Waals surface area contributed by atoms with E-state index in [2.05, 4.69) is 15.5 Å². The molecule has 0 radical (unpaired) electrons. The molecule has 1 aromatic heterocycles. The fourth-order valence-electron chi connectivity index (χ4n) is 1.54. The van der Waals surface area contributed by atoms with E-state index in [1.165, 1.54) is 17.3 Å². The zero-order valence-corrected chi connectivity index (χ0v) is 12.3. The molecule has 3 N–H and O–H groups in total. The third-order valence-corrected chi connectivity index (χ3v) is 3.83. The van der Waals surface area contributed by atoms with Crippen LogP contribution in [0, 0.1) is 6.92 Å². The summed E-state index contributed by atoms with van der Waals surface area (Å²) in [6, 6.07) is 8.06. The number of benzene rings is 1. The fourth-order valence-corrected chi connectivity index (χ4v) is 2.29. The van der Waals surface area contributed by atoms with Gasteiger partial charge in [0.25, 0.3) is 0 Å². The first-order chi connectivity index (χ1) is 9.56. The molecular weight excluding hydrogens is 274 g/mol. The lowest BCUT2D eigenvalue weighted by Crippen LogP contribution is -2.24. The molecule has 0 fully saturated rings. The molecule has 0 aliphatic rings. The highest BCUT2D eigenvalue weighted by atomic mass is 32.2. The van der Waals surface area contributed by atoms with Gasteiger partial charge in [-0.3, -0.25) is 9.36 Å². The van der Waals surface area contributed by atoms with Crippen molar-refractivity contribution in [3.8, 4) is 0 Å². The Morgan fingerprint density at radius 3 is 2.65 bits per heavy atom. The van der Waals surface area contributed by atoms with E-state index in [0.29, 0.717) is 17.6 Å². The Labute approximate surface area is 121 Å². The molecule has 2 aromatic rings. The third-order valence-electron chi connectivity index (χ3n) is 2.81. The highest BCUT2D eigenvalue weighted by molar-refractivity contribution is 7.99. The molecule has 106 valence electrons. The summed E-state index contributed by atoms with van der Waals surface area (Å²) >= 11 is 1.31. The third kappa shape index (κ3) is 3.74. The maximum atomic E-state index is 11.8. The van der Waals surface area contributed by atoms with Crippen LogP contribution in [0.5, 0.6) is 0 Å². The number of hydrogen-bond acceptors (Lipinski definition) is 5. The van der Waals surface area contributed by atoms with E-state index in [1.807, 2.05) is 31.2 Å². The van der Waals surface area contributed by atoms with Crippen LogP contribution in [0.4, 0.5) is 5.95 Å². The van der Waals surface area contributed by atoms with Crippen LogP contribution in [0.3, 0.4) is 0 Å². The second-order valence-corrected chi connectivity index (χ2v) is 5.39. The first-order valence-electron chi connectivity index (χ1n) is 6.16. The molecular formula is C13H17N5OS. The molecule has 0 unspecified atom stereocenters. The molecule has 1 aromatic carbocycles. The lowest BCUT2D eigenvalue weighted by molar-refractivity contribution is -0.118. The smallest absolute Gasteiger partial charge is 0.230 e. The van der Waals surface area contributed by atoms with Gasteiger partial charge in [-0.05, 0) is 12.5 Å². The second kappa shape index (κ2) is 6.42. The molecule has 0 saturated carbocycles.